The highest BCUT2D eigenvalue weighted by molar-refractivity contribution is 6.20. The van der Waals surface area contributed by atoms with Gasteiger partial charge in [0.2, 0.25) is 0 Å². The molecule has 4 nitrogen and oxygen atoms in total. The summed E-state index contributed by atoms with van der Waals surface area (Å²) >= 11 is 6.15. The van der Waals surface area contributed by atoms with E-state index in [4.69, 9.17) is 11.6 Å². The number of nitrogens with zero attached hydrogens (tertiary/aromatic N) is 4. The minimum Gasteiger partial charge on any atom is -0.256 e. The van der Waals surface area contributed by atoms with E-state index in [1.165, 1.54) is 6.07 Å². The van der Waals surface area contributed by atoms with Crippen molar-refractivity contribution in [3.05, 3.63) is 53.7 Å². The molecule has 2 aromatic heterocycles. The fourth-order valence-corrected chi connectivity index (χ4v) is 2.34. The molecule has 0 N–H and O–H groups in total. The van der Waals surface area contributed by atoms with Crippen molar-refractivity contribution < 1.29 is 4.39 Å². The molecule has 0 aliphatic carbocycles. The minimum absolute atomic E-state index is 0.137. The molecule has 3 rings (SSSR count). The minimum atomic E-state index is -0.270. The highest BCUT2D eigenvalue weighted by Gasteiger charge is 2.12. The van der Waals surface area contributed by atoms with Crippen LogP contribution in [0.25, 0.3) is 10.9 Å². The first-order valence-electron chi connectivity index (χ1n) is 6.75. The van der Waals surface area contributed by atoms with Gasteiger partial charge < -0.3 is 0 Å². The lowest BCUT2D eigenvalue weighted by atomic mass is 10.1. The molecule has 1 aromatic carbocycles. The first-order valence-corrected chi connectivity index (χ1v) is 7.19. The van der Waals surface area contributed by atoms with Crippen molar-refractivity contribution in [3.8, 4) is 0 Å². The molecule has 0 saturated heterocycles. The highest BCUT2D eigenvalue weighted by Crippen LogP contribution is 2.23. The number of hydrogen-bond acceptors (Lipinski definition) is 3. The molecular weight excluding hydrogens is 291 g/mol. The SMILES string of the molecule is CCC(Cl)c1cn(Cc2ccc(F)c3cccnc23)nn1. The van der Waals surface area contributed by atoms with Gasteiger partial charge in [-0.1, -0.05) is 18.2 Å². The summed E-state index contributed by atoms with van der Waals surface area (Å²) in [5.74, 6) is -0.270. The van der Waals surface area contributed by atoms with Gasteiger partial charge in [-0.3, -0.25) is 4.98 Å². The zero-order valence-electron chi connectivity index (χ0n) is 11.5. The number of pyridine rings is 1. The second-order valence-corrected chi connectivity index (χ2v) is 5.35. The maximum Gasteiger partial charge on any atom is 0.132 e. The Balaban J connectivity index is 1.95. The molecule has 2 heterocycles. The van der Waals surface area contributed by atoms with Gasteiger partial charge in [-0.2, -0.15) is 0 Å². The van der Waals surface area contributed by atoms with Crippen LogP contribution < -0.4 is 0 Å². The Morgan fingerprint density at radius 2 is 2.19 bits per heavy atom. The number of halogens is 2. The lowest BCUT2D eigenvalue weighted by molar-refractivity contribution is 0.633. The van der Waals surface area contributed by atoms with Gasteiger partial charge in [0.15, 0.2) is 0 Å². The van der Waals surface area contributed by atoms with Crippen molar-refractivity contribution in [2.45, 2.75) is 25.3 Å². The van der Waals surface area contributed by atoms with Crippen LogP contribution in [0.1, 0.15) is 30.0 Å². The van der Waals surface area contributed by atoms with E-state index in [2.05, 4.69) is 15.3 Å². The molecule has 0 fully saturated rings. The van der Waals surface area contributed by atoms with Gasteiger partial charge in [-0.25, -0.2) is 9.07 Å². The summed E-state index contributed by atoms with van der Waals surface area (Å²) in [5, 5.41) is 8.51. The third-order valence-electron chi connectivity index (χ3n) is 3.37. The first-order chi connectivity index (χ1) is 10.2. The second-order valence-electron chi connectivity index (χ2n) is 4.82. The van der Waals surface area contributed by atoms with E-state index in [1.54, 1.807) is 29.1 Å². The van der Waals surface area contributed by atoms with E-state index in [9.17, 15) is 4.39 Å². The monoisotopic (exact) mass is 304 g/mol. The van der Waals surface area contributed by atoms with Gasteiger partial charge in [-0.15, -0.1) is 16.7 Å². The zero-order valence-corrected chi connectivity index (χ0v) is 12.3. The van der Waals surface area contributed by atoms with Crippen LogP contribution in [0, 0.1) is 5.82 Å². The molecule has 0 aliphatic rings. The van der Waals surface area contributed by atoms with Crippen molar-refractivity contribution in [1.29, 1.82) is 0 Å². The Bertz CT molecular complexity index is 771. The fourth-order valence-electron chi connectivity index (χ4n) is 2.24. The molecule has 0 saturated carbocycles. The van der Waals surface area contributed by atoms with Crippen LogP contribution in [0.2, 0.25) is 0 Å². The van der Waals surface area contributed by atoms with Gasteiger partial charge in [0.05, 0.1) is 23.6 Å². The molecule has 3 aromatic rings. The van der Waals surface area contributed by atoms with Crippen LogP contribution in [-0.4, -0.2) is 20.0 Å². The summed E-state index contributed by atoms with van der Waals surface area (Å²) in [6, 6.07) is 6.62. The lowest BCUT2D eigenvalue weighted by Crippen LogP contribution is -2.02. The molecule has 108 valence electrons. The van der Waals surface area contributed by atoms with Crippen LogP contribution >= 0.6 is 11.6 Å². The summed E-state index contributed by atoms with van der Waals surface area (Å²) in [5.41, 5.74) is 2.29. The van der Waals surface area contributed by atoms with E-state index in [0.717, 1.165) is 17.7 Å². The second kappa shape index (κ2) is 5.77. The molecule has 0 spiro atoms. The normalized spacial score (nSPS) is 12.7. The first kappa shape index (κ1) is 13.9. The fraction of sp³-hybridized carbons (Fsp3) is 0.267. The Kier molecular flexibility index (Phi) is 3.84. The molecule has 21 heavy (non-hydrogen) atoms. The predicted molar refractivity (Wildman–Crippen MR) is 79.7 cm³/mol. The van der Waals surface area contributed by atoms with Crippen LogP contribution in [-0.2, 0) is 6.54 Å². The van der Waals surface area contributed by atoms with E-state index in [0.29, 0.717) is 17.4 Å². The number of fused-ring (bicyclic) bond motifs is 1. The van der Waals surface area contributed by atoms with E-state index in [1.807, 2.05) is 13.1 Å². The van der Waals surface area contributed by atoms with Crippen molar-refractivity contribution in [2.24, 2.45) is 0 Å². The summed E-state index contributed by atoms with van der Waals surface area (Å²) in [4.78, 5) is 4.27. The molecule has 6 heteroatoms. The molecular formula is C15H14ClFN4. The summed E-state index contributed by atoms with van der Waals surface area (Å²) in [6.07, 6.45) is 4.27. The topological polar surface area (TPSA) is 43.6 Å². The van der Waals surface area contributed by atoms with Gasteiger partial charge in [0.25, 0.3) is 0 Å². The maximum atomic E-state index is 13.8. The predicted octanol–water partition coefficient (Wildman–Crippen LogP) is 3.70. The van der Waals surface area contributed by atoms with E-state index < -0.39 is 0 Å². The molecule has 1 unspecified atom stereocenters. The van der Waals surface area contributed by atoms with Gasteiger partial charge in [-0.05, 0) is 24.6 Å². The molecule has 0 bridgehead atoms. The smallest absolute Gasteiger partial charge is 0.132 e. The van der Waals surface area contributed by atoms with Crippen molar-refractivity contribution in [1.82, 2.24) is 20.0 Å². The van der Waals surface area contributed by atoms with Crippen LogP contribution in [0.5, 0.6) is 0 Å². The third-order valence-corrected chi connectivity index (χ3v) is 3.90. The van der Waals surface area contributed by atoms with Crippen LogP contribution in [0.15, 0.2) is 36.7 Å². The molecule has 0 aliphatic heterocycles. The Morgan fingerprint density at radius 1 is 1.33 bits per heavy atom. The van der Waals surface area contributed by atoms with Crippen LogP contribution in [0.3, 0.4) is 0 Å². The van der Waals surface area contributed by atoms with Gasteiger partial charge >= 0.3 is 0 Å². The number of benzene rings is 1. The maximum absolute atomic E-state index is 13.8. The number of aromatic nitrogens is 4. The Hall–Kier alpha value is -2.01. The lowest BCUT2D eigenvalue weighted by Gasteiger charge is -2.06. The number of hydrogen-bond donors (Lipinski definition) is 0. The van der Waals surface area contributed by atoms with Crippen molar-refractivity contribution in [3.63, 3.8) is 0 Å². The van der Waals surface area contributed by atoms with Crippen LogP contribution in [0.4, 0.5) is 4.39 Å². The summed E-state index contributed by atoms with van der Waals surface area (Å²) in [6.45, 7) is 2.47. The number of alkyl halides is 1. The average molecular weight is 305 g/mol. The summed E-state index contributed by atoms with van der Waals surface area (Å²) < 4.78 is 15.5. The zero-order chi connectivity index (χ0) is 14.8. The largest absolute Gasteiger partial charge is 0.256 e. The number of rotatable bonds is 4. The van der Waals surface area contributed by atoms with Gasteiger partial charge in [0.1, 0.15) is 11.5 Å². The standard InChI is InChI=1S/C15H14ClFN4/c1-2-12(16)14-9-21(20-19-14)8-10-5-6-13(17)11-4-3-7-18-15(10)11/h3-7,9,12H,2,8H2,1H3. The molecule has 0 radical (unpaired) electrons. The van der Waals surface area contributed by atoms with Gasteiger partial charge in [0, 0.05) is 17.1 Å². The molecule has 0 amide bonds. The summed E-state index contributed by atoms with van der Waals surface area (Å²) in [7, 11) is 0. The average Bonchev–Trinajstić information content (AvgIpc) is 2.98. The third kappa shape index (κ3) is 2.74. The molecule has 1 atom stereocenters. The Labute approximate surface area is 126 Å². The van der Waals surface area contributed by atoms with E-state index in [-0.39, 0.29) is 11.2 Å². The highest BCUT2D eigenvalue weighted by atomic mass is 35.5. The van der Waals surface area contributed by atoms with E-state index >= 15 is 0 Å². The van der Waals surface area contributed by atoms with Crippen molar-refractivity contribution in [2.75, 3.05) is 0 Å². The quantitative estimate of drug-likeness (QED) is 0.690. The van der Waals surface area contributed by atoms with Crippen molar-refractivity contribution >= 4 is 22.5 Å². The Morgan fingerprint density at radius 3 is 3.00 bits per heavy atom.